The van der Waals surface area contributed by atoms with Gasteiger partial charge in [0.25, 0.3) is 0 Å². The summed E-state index contributed by atoms with van der Waals surface area (Å²) in [6.45, 7) is 3.22. The van der Waals surface area contributed by atoms with Crippen molar-refractivity contribution in [3.63, 3.8) is 0 Å². The minimum absolute atomic E-state index is 0.0938. The average Bonchev–Trinajstić information content (AvgIpc) is 3.41. The zero-order valence-corrected chi connectivity index (χ0v) is 14.2. The Labute approximate surface area is 143 Å². The molecule has 1 heterocycles. The zero-order chi connectivity index (χ0) is 17.1. The van der Waals surface area contributed by atoms with E-state index in [1.54, 1.807) is 6.92 Å². The first kappa shape index (κ1) is 17.0. The van der Waals surface area contributed by atoms with Gasteiger partial charge in [-0.05, 0) is 50.3 Å². The van der Waals surface area contributed by atoms with Crippen molar-refractivity contribution in [1.29, 1.82) is 0 Å². The molecule has 24 heavy (non-hydrogen) atoms. The largest absolute Gasteiger partial charge is 0.393 e. The van der Waals surface area contributed by atoms with Gasteiger partial charge in [-0.15, -0.1) is 0 Å². The number of aliphatic hydroxyl groups excluding tert-OH is 1. The first-order valence-corrected chi connectivity index (χ1v) is 8.88. The molecule has 2 N–H and O–H groups in total. The van der Waals surface area contributed by atoms with Crippen LogP contribution in [0.1, 0.15) is 38.2 Å². The fourth-order valence-electron chi connectivity index (χ4n) is 3.21. The minimum Gasteiger partial charge on any atom is -0.393 e. The smallest absolute Gasteiger partial charge is 0.227 e. The second-order valence-electron chi connectivity index (χ2n) is 7.12. The van der Waals surface area contributed by atoms with E-state index in [-0.39, 0.29) is 29.8 Å². The lowest BCUT2D eigenvalue weighted by atomic mass is 9.93. The fourth-order valence-corrected chi connectivity index (χ4v) is 3.21. The zero-order valence-electron chi connectivity index (χ0n) is 14.2. The number of nitrogens with one attached hydrogen (secondary N) is 1. The van der Waals surface area contributed by atoms with E-state index in [2.05, 4.69) is 5.32 Å². The van der Waals surface area contributed by atoms with E-state index in [9.17, 15) is 14.7 Å². The van der Waals surface area contributed by atoms with Crippen molar-refractivity contribution in [3.05, 3.63) is 29.8 Å². The third-order valence-corrected chi connectivity index (χ3v) is 5.02. The van der Waals surface area contributed by atoms with Crippen molar-refractivity contribution in [3.8, 4) is 0 Å². The summed E-state index contributed by atoms with van der Waals surface area (Å²) in [5.41, 5.74) is 1.74. The van der Waals surface area contributed by atoms with E-state index in [1.165, 1.54) is 0 Å². The molecule has 3 rings (SSSR count). The van der Waals surface area contributed by atoms with Gasteiger partial charge in [0, 0.05) is 30.6 Å². The van der Waals surface area contributed by atoms with Gasteiger partial charge in [-0.25, -0.2) is 0 Å². The molecule has 5 heteroatoms. The Hall–Kier alpha value is -1.88. The SMILES string of the molecule is CC(O)C1CCCN(C(=O)Cc2ccc(NC(=O)C3CC3)cc2)C1. The highest BCUT2D eigenvalue weighted by Crippen LogP contribution is 2.30. The second kappa shape index (κ2) is 7.34. The molecule has 1 aliphatic heterocycles. The lowest BCUT2D eigenvalue weighted by molar-refractivity contribution is -0.133. The van der Waals surface area contributed by atoms with Crippen molar-refractivity contribution in [2.45, 2.75) is 45.1 Å². The lowest BCUT2D eigenvalue weighted by Gasteiger charge is -2.34. The molecular formula is C19H26N2O3. The molecule has 0 bridgehead atoms. The van der Waals surface area contributed by atoms with Crippen molar-refractivity contribution in [2.75, 3.05) is 18.4 Å². The normalized spacial score (nSPS) is 22.1. The number of carbonyl (C=O) groups excluding carboxylic acids is 2. The molecule has 2 aliphatic rings. The van der Waals surface area contributed by atoms with Gasteiger partial charge < -0.3 is 15.3 Å². The molecule has 1 saturated heterocycles. The van der Waals surface area contributed by atoms with Crippen LogP contribution in [0.3, 0.4) is 0 Å². The first-order chi connectivity index (χ1) is 11.5. The highest BCUT2D eigenvalue weighted by molar-refractivity contribution is 5.94. The van der Waals surface area contributed by atoms with Crippen LogP contribution in [0.4, 0.5) is 5.69 Å². The summed E-state index contributed by atoms with van der Waals surface area (Å²) in [4.78, 5) is 26.1. The number of piperidine rings is 1. The highest BCUT2D eigenvalue weighted by Gasteiger charge is 2.29. The number of rotatable bonds is 5. The Bertz CT molecular complexity index is 593. The number of likely N-dealkylation sites (tertiary alicyclic amines) is 1. The van der Waals surface area contributed by atoms with Gasteiger partial charge in [0.05, 0.1) is 12.5 Å². The quantitative estimate of drug-likeness (QED) is 0.869. The molecule has 130 valence electrons. The summed E-state index contributed by atoms with van der Waals surface area (Å²) < 4.78 is 0. The summed E-state index contributed by atoms with van der Waals surface area (Å²) in [6.07, 6.45) is 3.91. The van der Waals surface area contributed by atoms with E-state index in [0.29, 0.717) is 13.0 Å². The van der Waals surface area contributed by atoms with Gasteiger partial charge in [0.2, 0.25) is 11.8 Å². The minimum atomic E-state index is -0.366. The highest BCUT2D eigenvalue weighted by atomic mass is 16.3. The van der Waals surface area contributed by atoms with Crippen molar-refractivity contribution >= 4 is 17.5 Å². The van der Waals surface area contributed by atoms with E-state index in [4.69, 9.17) is 0 Å². The predicted molar refractivity (Wildman–Crippen MR) is 92.5 cm³/mol. The number of anilines is 1. The van der Waals surface area contributed by atoms with E-state index in [1.807, 2.05) is 29.2 Å². The van der Waals surface area contributed by atoms with Gasteiger partial charge in [-0.1, -0.05) is 12.1 Å². The van der Waals surface area contributed by atoms with Crippen LogP contribution in [0, 0.1) is 11.8 Å². The molecule has 1 aromatic rings. The maximum atomic E-state index is 12.5. The van der Waals surface area contributed by atoms with Crippen molar-refractivity contribution < 1.29 is 14.7 Å². The van der Waals surface area contributed by atoms with Gasteiger partial charge >= 0.3 is 0 Å². The molecule has 2 amide bonds. The molecule has 5 nitrogen and oxygen atoms in total. The van der Waals surface area contributed by atoms with Gasteiger partial charge in [0.15, 0.2) is 0 Å². The molecule has 1 aliphatic carbocycles. The number of amides is 2. The molecule has 0 spiro atoms. The maximum Gasteiger partial charge on any atom is 0.227 e. The van der Waals surface area contributed by atoms with Crippen LogP contribution in [-0.4, -0.2) is 41.0 Å². The molecule has 1 aromatic carbocycles. The predicted octanol–water partition coefficient (Wildman–Crippen LogP) is 2.20. The number of hydrogen-bond donors (Lipinski definition) is 2. The van der Waals surface area contributed by atoms with Crippen LogP contribution in [-0.2, 0) is 16.0 Å². The standard InChI is InChI=1S/C19H26N2O3/c1-13(22)16-3-2-10-21(12-16)18(23)11-14-4-8-17(9-5-14)20-19(24)15-6-7-15/h4-5,8-9,13,15-16,22H,2-3,6-7,10-12H2,1H3,(H,20,24). The van der Waals surface area contributed by atoms with Crippen LogP contribution in [0.5, 0.6) is 0 Å². The summed E-state index contributed by atoms with van der Waals surface area (Å²) in [5, 5.41) is 12.6. The Morgan fingerprint density at radius 3 is 2.58 bits per heavy atom. The molecule has 2 unspecified atom stereocenters. The van der Waals surface area contributed by atoms with E-state index >= 15 is 0 Å². The number of carbonyl (C=O) groups is 2. The Morgan fingerprint density at radius 1 is 1.25 bits per heavy atom. The number of benzene rings is 1. The lowest BCUT2D eigenvalue weighted by Crippen LogP contribution is -2.43. The Morgan fingerprint density at radius 2 is 1.96 bits per heavy atom. The summed E-state index contributed by atoms with van der Waals surface area (Å²) in [7, 11) is 0. The van der Waals surface area contributed by atoms with Crippen LogP contribution in [0.15, 0.2) is 24.3 Å². The van der Waals surface area contributed by atoms with E-state index < -0.39 is 0 Å². The van der Waals surface area contributed by atoms with Crippen molar-refractivity contribution in [1.82, 2.24) is 4.90 Å². The van der Waals surface area contributed by atoms with Gasteiger partial charge in [-0.3, -0.25) is 9.59 Å². The van der Waals surface area contributed by atoms with Gasteiger partial charge in [-0.2, -0.15) is 0 Å². The second-order valence-corrected chi connectivity index (χ2v) is 7.12. The maximum absolute atomic E-state index is 12.5. The van der Waals surface area contributed by atoms with Crippen molar-refractivity contribution in [2.24, 2.45) is 11.8 Å². The molecule has 2 fully saturated rings. The van der Waals surface area contributed by atoms with Crippen LogP contribution in [0.25, 0.3) is 0 Å². The third-order valence-electron chi connectivity index (χ3n) is 5.02. The van der Waals surface area contributed by atoms with E-state index in [0.717, 1.165) is 43.5 Å². The monoisotopic (exact) mass is 330 g/mol. The van der Waals surface area contributed by atoms with Gasteiger partial charge in [0.1, 0.15) is 0 Å². The summed E-state index contributed by atoms with van der Waals surface area (Å²) in [6, 6.07) is 7.52. The summed E-state index contributed by atoms with van der Waals surface area (Å²) >= 11 is 0. The number of nitrogens with zero attached hydrogens (tertiary/aromatic N) is 1. The molecule has 2 atom stereocenters. The van der Waals surface area contributed by atoms with Crippen LogP contribution < -0.4 is 5.32 Å². The summed E-state index contributed by atoms with van der Waals surface area (Å²) in [5.74, 6) is 0.571. The number of hydrogen-bond acceptors (Lipinski definition) is 3. The molecule has 0 aromatic heterocycles. The Balaban J connectivity index is 1.53. The van der Waals surface area contributed by atoms with Crippen LogP contribution in [0.2, 0.25) is 0 Å². The Kier molecular flexibility index (Phi) is 5.19. The fraction of sp³-hybridized carbons (Fsp3) is 0.579. The van der Waals surface area contributed by atoms with Crippen LogP contribution >= 0.6 is 0 Å². The molecule has 0 radical (unpaired) electrons. The third kappa shape index (κ3) is 4.35. The topological polar surface area (TPSA) is 69.6 Å². The average molecular weight is 330 g/mol. The molecular weight excluding hydrogens is 304 g/mol. The first-order valence-electron chi connectivity index (χ1n) is 8.88. The number of aliphatic hydroxyl groups is 1. The molecule has 1 saturated carbocycles.